The van der Waals surface area contributed by atoms with E-state index in [-0.39, 0.29) is 0 Å². The van der Waals surface area contributed by atoms with E-state index in [1.54, 1.807) is 20.8 Å². The van der Waals surface area contributed by atoms with Gasteiger partial charge in [-0.25, -0.2) is 9.68 Å². The predicted octanol–water partition coefficient (Wildman–Crippen LogP) is 3.17. The number of hydrogen-bond donors (Lipinski definition) is 0. The molecule has 0 saturated carbocycles. The summed E-state index contributed by atoms with van der Waals surface area (Å²) in [6.45, 7) is 7.48. The number of carbonyl (C=O) groups is 1. The van der Waals surface area contributed by atoms with Gasteiger partial charge in [0.05, 0.1) is 0 Å². The van der Waals surface area contributed by atoms with Crippen molar-refractivity contribution < 1.29 is 19.3 Å². The van der Waals surface area contributed by atoms with Crippen LogP contribution >= 0.6 is 11.6 Å². The topological polar surface area (TPSA) is 44.8 Å². The second-order valence-corrected chi connectivity index (χ2v) is 5.87. The van der Waals surface area contributed by atoms with E-state index in [1.165, 1.54) is 0 Å². The molecule has 0 radical (unpaired) electrons. The molecule has 1 aliphatic rings. The van der Waals surface area contributed by atoms with Crippen LogP contribution in [0.4, 0.5) is 0 Å². The van der Waals surface area contributed by atoms with E-state index in [0.717, 1.165) is 19.3 Å². The molecule has 0 N–H and O–H groups in total. The van der Waals surface area contributed by atoms with Crippen LogP contribution < -0.4 is 0 Å². The molecule has 1 fully saturated rings. The zero-order valence-corrected chi connectivity index (χ0v) is 11.7. The third-order valence-electron chi connectivity index (χ3n) is 2.45. The van der Waals surface area contributed by atoms with Crippen LogP contribution in [0.15, 0.2) is 0 Å². The van der Waals surface area contributed by atoms with Gasteiger partial charge in [-0.15, -0.1) is 0 Å². The van der Waals surface area contributed by atoms with Crippen LogP contribution in [0, 0.1) is 0 Å². The number of unbranched alkanes of at least 4 members (excludes halogenated alkanes) is 2. The molecule has 2 unspecified atom stereocenters. The predicted molar refractivity (Wildman–Crippen MR) is 64.5 cm³/mol. The number of esters is 1. The van der Waals surface area contributed by atoms with Crippen molar-refractivity contribution >= 4 is 17.6 Å². The zero-order chi connectivity index (χ0) is 13.1. The zero-order valence-electron chi connectivity index (χ0n) is 10.9. The average Bonchev–Trinajstić information content (AvgIpc) is 2.19. The average molecular weight is 265 g/mol. The van der Waals surface area contributed by atoms with Gasteiger partial charge >= 0.3 is 11.0 Å². The number of carbonyl (C=O) groups excluding carboxylic acids is 1. The van der Waals surface area contributed by atoms with Crippen molar-refractivity contribution in [3.05, 3.63) is 0 Å². The summed E-state index contributed by atoms with van der Waals surface area (Å²) in [6, 6.07) is 0. The first-order chi connectivity index (χ1) is 7.79. The normalized spacial score (nSPS) is 28.6. The van der Waals surface area contributed by atoms with Gasteiger partial charge in [0.15, 0.2) is 6.10 Å². The first-order valence-corrected chi connectivity index (χ1v) is 6.44. The smallest absolute Gasteiger partial charge is 0.361 e. The van der Waals surface area contributed by atoms with Crippen LogP contribution in [-0.4, -0.2) is 22.7 Å². The highest BCUT2D eigenvalue weighted by molar-refractivity contribution is 6.33. The number of alkyl halides is 1. The Morgan fingerprint density at radius 2 is 2.06 bits per heavy atom. The molecule has 0 bridgehead atoms. The summed E-state index contributed by atoms with van der Waals surface area (Å²) in [5, 5.41) is -1.46. The van der Waals surface area contributed by atoms with Crippen LogP contribution in [-0.2, 0) is 19.3 Å². The molecule has 1 rings (SSSR count). The van der Waals surface area contributed by atoms with E-state index in [9.17, 15) is 4.79 Å². The molecule has 17 heavy (non-hydrogen) atoms. The first kappa shape index (κ1) is 14.7. The van der Waals surface area contributed by atoms with Gasteiger partial charge in [-0.2, -0.15) is 4.89 Å². The maximum absolute atomic E-state index is 11.8. The molecule has 0 aliphatic carbocycles. The quantitative estimate of drug-likeness (QED) is 0.331. The Morgan fingerprint density at radius 3 is 2.47 bits per heavy atom. The van der Waals surface area contributed by atoms with Gasteiger partial charge in [0, 0.05) is 0 Å². The lowest BCUT2D eigenvalue weighted by molar-refractivity contribution is -0.473. The van der Waals surface area contributed by atoms with Crippen LogP contribution in [0.3, 0.4) is 0 Å². The molecule has 100 valence electrons. The minimum Gasteiger partial charge on any atom is -0.457 e. The van der Waals surface area contributed by atoms with Crippen molar-refractivity contribution in [2.45, 2.75) is 70.1 Å². The van der Waals surface area contributed by atoms with E-state index in [4.69, 9.17) is 26.1 Å². The van der Waals surface area contributed by atoms with Crippen LogP contribution in [0.25, 0.3) is 0 Å². The Balaban J connectivity index is 2.47. The Morgan fingerprint density at radius 1 is 1.41 bits per heavy atom. The first-order valence-electron chi connectivity index (χ1n) is 6.06. The third-order valence-corrected chi connectivity index (χ3v) is 2.91. The molecule has 0 spiro atoms. The second kappa shape index (κ2) is 5.55. The Bertz CT molecular complexity index is 274. The highest BCUT2D eigenvalue weighted by atomic mass is 35.5. The van der Waals surface area contributed by atoms with Crippen LogP contribution in [0.1, 0.15) is 53.4 Å². The van der Waals surface area contributed by atoms with Gasteiger partial charge in [0.2, 0.25) is 0 Å². The number of hydrogen-bond acceptors (Lipinski definition) is 4. The largest absolute Gasteiger partial charge is 0.457 e. The molecule has 0 aromatic heterocycles. The molecule has 4 nitrogen and oxygen atoms in total. The number of rotatable bonds is 5. The lowest BCUT2D eigenvalue weighted by atomic mass is 10.0. The van der Waals surface area contributed by atoms with E-state index in [2.05, 4.69) is 6.92 Å². The molecule has 0 aromatic rings. The molecule has 5 heteroatoms. The molecular formula is C12H21ClO4. The monoisotopic (exact) mass is 264 g/mol. The maximum atomic E-state index is 11.8. The van der Waals surface area contributed by atoms with E-state index < -0.39 is 22.7 Å². The van der Waals surface area contributed by atoms with Crippen LogP contribution in [0.5, 0.6) is 0 Å². The molecule has 0 aromatic carbocycles. The van der Waals surface area contributed by atoms with Crippen molar-refractivity contribution in [3.63, 3.8) is 0 Å². The minimum atomic E-state index is -1.46. The molecule has 1 aliphatic heterocycles. The molecular weight excluding hydrogens is 244 g/mol. The van der Waals surface area contributed by atoms with Gasteiger partial charge in [0.1, 0.15) is 5.60 Å². The van der Waals surface area contributed by atoms with Gasteiger partial charge < -0.3 is 4.74 Å². The SMILES string of the molecule is CCCCCC1OOC1(Cl)C(=O)OC(C)(C)C. The molecule has 1 heterocycles. The Kier molecular flexibility index (Phi) is 4.81. The van der Waals surface area contributed by atoms with Crippen molar-refractivity contribution in [1.29, 1.82) is 0 Å². The standard InChI is InChI=1S/C12H21ClO4/c1-5-6-7-8-9-12(13,17-16-9)10(14)15-11(2,3)4/h9H,5-8H2,1-4H3. The van der Waals surface area contributed by atoms with Gasteiger partial charge in [-0.05, 0) is 27.2 Å². The Hall–Kier alpha value is -0.320. The summed E-state index contributed by atoms with van der Waals surface area (Å²) >= 11 is 6.09. The summed E-state index contributed by atoms with van der Waals surface area (Å²) in [7, 11) is 0. The van der Waals surface area contributed by atoms with Crippen molar-refractivity contribution in [2.24, 2.45) is 0 Å². The summed E-state index contributed by atoms with van der Waals surface area (Å²) in [5.41, 5.74) is -0.577. The fraction of sp³-hybridized carbons (Fsp3) is 0.917. The van der Waals surface area contributed by atoms with E-state index >= 15 is 0 Å². The number of halogens is 1. The van der Waals surface area contributed by atoms with E-state index in [1.807, 2.05) is 0 Å². The molecule has 0 amide bonds. The lowest BCUT2D eigenvalue weighted by Gasteiger charge is -2.41. The number of ether oxygens (including phenoxy) is 1. The highest BCUT2D eigenvalue weighted by Crippen LogP contribution is 2.39. The molecule has 1 saturated heterocycles. The fourth-order valence-electron chi connectivity index (χ4n) is 1.53. The van der Waals surface area contributed by atoms with E-state index in [0.29, 0.717) is 6.42 Å². The molecule has 2 atom stereocenters. The van der Waals surface area contributed by atoms with Gasteiger partial charge in [-0.3, -0.25) is 0 Å². The Labute approximate surface area is 107 Å². The minimum absolute atomic E-state index is 0.412. The van der Waals surface area contributed by atoms with Gasteiger partial charge in [0.25, 0.3) is 0 Å². The summed E-state index contributed by atoms with van der Waals surface area (Å²) in [4.78, 5) is 21.5. The van der Waals surface area contributed by atoms with Crippen molar-refractivity contribution in [3.8, 4) is 0 Å². The second-order valence-electron chi connectivity index (χ2n) is 5.31. The summed E-state index contributed by atoms with van der Waals surface area (Å²) in [6.07, 6.45) is 3.44. The third kappa shape index (κ3) is 3.83. The fourth-order valence-corrected chi connectivity index (χ4v) is 1.75. The van der Waals surface area contributed by atoms with Gasteiger partial charge in [-0.1, -0.05) is 37.8 Å². The van der Waals surface area contributed by atoms with Crippen molar-refractivity contribution in [1.82, 2.24) is 0 Å². The lowest BCUT2D eigenvalue weighted by Crippen LogP contribution is -2.59. The van der Waals surface area contributed by atoms with Crippen molar-refractivity contribution in [2.75, 3.05) is 0 Å². The summed E-state index contributed by atoms with van der Waals surface area (Å²) in [5.74, 6) is -0.570. The van der Waals surface area contributed by atoms with Crippen LogP contribution in [0.2, 0.25) is 0 Å². The maximum Gasteiger partial charge on any atom is 0.361 e. The summed E-state index contributed by atoms with van der Waals surface area (Å²) < 4.78 is 5.21. The highest BCUT2D eigenvalue weighted by Gasteiger charge is 2.58.